The molecule has 2 aromatic rings. The predicted octanol–water partition coefficient (Wildman–Crippen LogP) is 7.52. The van der Waals surface area contributed by atoms with E-state index in [0.29, 0.717) is 0 Å². The smallest absolute Gasteiger partial charge is 0.0972 e. The summed E-state index contributed by atoms with van der Waals surface area (Å²) >= 11 is 9.41. The van der Waals surface area contributed by atoms with Crippen LogP contribution in [0, 0.1) is 6.92 Å². The summed E-state index contributed by atoms with van der Waals surface area (Å²) in [5.74, 6) is 1.09. The number of halogens is 1. The number of aryl methyl sites for hydroxylation is 1. The van der Waals surface area contributed by atoms with Crippen LogP contribution in [0.5, 0.6) is 0 Å². The molecular formula is C20H22ClNS2. The Morgan fingerprint density at radius 3 is 2.46 bits per heavy atom. The van der Waals surface area contributed by atoms with E-state index in [1.54, 1.807) is 11.8 Å². The summed E-state index contributed by atoms with van der Waals surface area (Å²) in [6, 6.07) is 16.2. The Bertz CT molecular complexity index is 676. The predicted molar refractivity (Wildman–Crippen MR) is 112 cm³/mol. The highest BCUT2D eigenvalue weighted by atomic mass is 35.5. The van der Waals surface area contributed by atoms with Gasteiger partial charge in [-0.1, -0.05) is 54.4 Å². The molecule has 0 radical (unpaired) electrons. The molecule has 0 aromatic heterocycles. The number of rotatable bonds is 7. The standard InChI is InChI=1S/C20H22ClNS2/c1-3-4-14-24-20(22-18-9-5-16(2)6-10-18)13-15-23-19-11-7-17(21)8-12-19/h5-13,15H,3-4,14H2,1-2H3. The van der Waals surface area contributed by atoms with Gasteiger partial charge in [0, 0.05) is 9.92 Å². The van der Waals surface area contributed by atoms with Crippen molar-refractivity contribution in [3.05, 3.63) is 70.6 Å². The van der Waals surface area contributed by atoms with E-state index in [0.717, 1.165) is 21.5 Å². The average Bonchev–Trinajstić information content (AvgIpc) is 2.58. The van der Waals surface area contributed by atoms with Crippen molar-refractivity contribution in [2.45, 2.75) is 31.6 Å². The molecule has 0 aliphatic rings. The lowest BCUT2D eigenvalue weighted by atomic mass is 10.2. The Kier molecular flexibility index (Phi) is 8.51. The second kappa shape index (κ2) is 10.7. The van der Waals surface area contributed by atoms with Gasteiger partial charge < -0.3 is 0 Å². The van der Waals surface area contributed by atoms with Crippen LogP contribution in [0.4, 0.5) is 5.69 Å². The first-order valence-electron chi connectivity index (χ1n) is 8.04. The Morgan fingerprint density at radius 1 is 1.08 bits per heavy atom. The topological polar surface area (TPSA) is 12.4 Å². The highest BCUT2D eigenvalue weighted by molar-refractivity contribution is 8.14. The summed E-state index contributed by atoms with van der Waals surface area (Å²) in [7, 11) is 0. The Morgan fingerprint density at radius 2 is 1.79 bits per heavy atom. The number of benzene rings is 2. The van der Waals surface area contributed by atoms with Crippen LogP contribution in [0.2, 0.25) is 5.02 Å². The van der Waals surface area contributed by atoms with E-state index in [9.17, 15) is 0 Å². The molecule has 126 valence electrons. The number of nitrogens with zero attached hydrogens (tertiary/aromatic N) is 1. The molecule has 1 nitrogen and oxygen atoms in total. The SMILES string of the molecule is CCCCSC(C=CSc1ccc(Cl)cc1)=Nc1ccc(C)cc1. The van der Waals surface area contributed by atoms with Crippen LogP contribution in [0.15, 0.2) is 69.9 Å². The van der Waals surface area contributed by atoms with Crippen molar-refractivity contribution in [1.29, 1.82) is 0 Å². The van der Waals surface area contributed by atoms with Crippen molar-refractivity contribution < 1.29 is 0 Å². The van der Waals surface area contributed by atoms with Crippen molar-refractivity contribution in [2.24, 2.45) is 4.99 Å². The fourth-order valence-electron chi connectivity index (χ4n) is 1.87. The third-order valence-corrected chi connectivity index (χ3v) is 5.33. The van der Waals surface area contributed by atoms with Gasteiger partial charge in [-0.3, -0.25) is 0 Å². The molecule has 0 saturated heterocycles. The van der Waals surface area contributed by atoms with Crippen molar-refractivity contribution >= 4 is 45.9 Å². The largest absolute Gasteiger partial charge is 0.242 e. The number of thioether (sulfide) groups is 2. The molecule has 0 aliphatic carbocycles. The highest BCUT2D eigenvalue weighted by Crippen LogP contribution is 2.23. The lowest BCUT2D eigenvalue weighted by Crippen LogP contribution is -1.89. The molecule has 4 heteroatoms. The van der Waals surface area contributed by atoms with E-state index in [1.165, 1.54) is 23.3 Å². The van der Waals surface area contributed by atoms with Crippen LogP contribution in [-0.4, -0.2) is 10.8 Å². The Hall–Kier alpha value is -1.16. The van der Waals surface area contributed by atoms with Gasteiger partial charge in [-0.2, -0.15) is 0 Å². The van der Waals surface area contributed by atoms with Crippen LogP contribution in [-0.2, 0) is 0 Å². The first kappa shape index (κ1) is 19.2. The first-order chi connectivity index (χ1) is 11.7. The number of unbranched alkanes of at least 4 members (excludes halogenated alkanes) is 1. The molecule has 0 unspecified atom stereocenters. The molecule has 24 heavy (non-hydrogen) atoms. The Balaban J connectivity index is 2.05. The minimum atomic E-state index is 0.764. The fourth-order valence-corrected chi connectivity index (χ4v) is 3.71. The molecule has 0 saturated carbocycles. The van der Waals surface area contributed by atoms with Crippen molar-refractivity contribution in [2.75, 3.05) is 5.75 Å². The van der Waals surface area contributed by atoms with Gasteiger partial charge in [-0.25, -0.2) is 4.99 Å². The first-order valence-corrected chi connectivity index (χ1v) is 10.3. The van der Waals surface area contributed by atoms with Crippen LogP contribution in [0.1, 0.15) is 25.3 Å². The molecule has 0 spiro atoms. The van der Waals surface area contributed by atoms with Crippen LogP contribution < -0.4 is 0 Å². The lowest BCUT2D eigenvalue weighted by molar-refractivity contribution is 0.898. The monoisotopic (exact) mass is 375 g/mol. The van der Waals surface area contributed by atoms with E-state index in [1.807, 2.05) is 36.0 Å². The van der Waals surface area contributed by atoms with E-state index in [4.69, 9.17) is 16.6 Å². The highest BCUT2D eigenvalue weighted by Gasteiger charge is 1.98. The summed E-state index contributed by atoms with van der Waals surface area (Å²) in [6.07, 6.45) is 4.50. The summed E-state index contributed by atoms with van der Waals surface area (Å²) in [6.45, 7) is 4.30. The second-order valence-electron chi connectivity index (χ2n) is 5.36. The van der Waals surface area contributed by atoms with Gasteiger partial charge in [0.2, 0.25) is 0 Å². The number of aliphatic imine (C=N–C) groups is 1. The van der Waals surface area contributed by atoms with Gasteiger partial charge in [0.1, 0.15) is 0 Å². The summed E-state index contributed by atoms with van der Waals surface area (Å²) in [4.78, 5) is 5.95. The molecule has 0 atom stereocenters. The summed E-state index contributed by atoms with van der Waals surface area (Å²) < 4.78 is 0. The zero-order valence-corrected chi connectivity index (χ0v) is 16.4. The van der Waals surface area contributed by atoms with Gasteiger partial charge in [0.05, 0.1) is 10.7 Å². The molecule has 2 aromatic carbocycles. The van der Waals surface area contributed by atoms with Gasteiger partial charge in [-0.05, 0) is 67.0 Å². The van der Waals surface area contributed by atoms with E-state index in [-0.39, 0.29) is 0 Å². The third-order valence-electron chi connectivity index (χ3n) is 3.25. The molecule has 0 aliphatic heterocycles. The van der Waals surface area contributed by atoms with Gasteiger partial charge in [0.25, 0.3) is 0 Å². The zero-order chi connectivity index (χ0) is 17.2. The molecule has 0 amide bonds. The van der Waals surface area contributed by atoms with Crippen molar-refractivity contribution in [1.82, 2.24) is 0 Å². The minimum absolute atomic E-state index is 0.764. The van der Waals surface area contributed by atoms with Gasteiger partial charge >= 0.3 is 0 Å². The van der Waals surface area contributed by atoms with Crippen LogP contribution >= 0.6 is 35.1 Å². The third kappa shape index (κ3) is 7.16. The second-order valence-corrected chi connectivity index (χ2v) is 7.89. The lowest BCUT2D eigenvalue weighted by Gasteiger charge is -2.02. The average molecular weight is 376 g/mol. The maximum Gasteiger partial charge on any atom is 0.0972 e. The number of hydrogen-bond acceptors (Lipinski definition) is 3. The maximum absolute atomic E-state index is 5.92. The Labute approximate surface area is 158 Å². The van der Waals surface area contributed by atoms with E-state index < -0.39 is 0 Å². The van der Waals surface area contributed by atoms with Gasteiger partial charge in [-0.15, -0.1) is 11.8 Å². The summed E-state index contributed by atoms with van der Waals surface area (Å²) in [5.41, 5.74) is 2.25. The van der Waals surface area contributed by atoms with Crippen LogP contribution in [0.3, 0.4) is 0 Å². The number of hydrogen-bond donors (Lipinski definition) is 0. The fraction of sp³-hybridized carbons (Fsp3) is 0.250. The maximum atomic E-state index is 5.92. The van der Waals surface area contributed by atoms with E-state index in [2.05, 4.69) is 49.6 Å². The zero-order valence-electron chi connectivity index (χ0n) is 14.0. The molecule has 0 fully saturated rings. The minimum Gasteiger partial charge on any atom is -0.242 e. The van der Waals surface area contributed by atoms with Crippen LogP contribution in [0.25, 0.3) is 0 Å². The normalized spacial score (nSPS) is 12.0. The van der Waals surface area contributed by atoms with Crippen molar-refractivity contribution in [3.8, 4) is 0 Å². The quantitative estimate of drug-likeness (QED) is 0.215. The molecule has 2 rings (SSSR count). The molecule has 0 bridgehead atoms. The van der Waals surface area contributed by atoms with E-state index >= 15 is 0 Å². The van der Waals surface area contributed by atoms with Crippen molar-refractivity contribution in [3.63, 3.8) is 0 Å². The molecular weight excluding hydrogens is 354 g/mol. The summed E-state index contributed by atoms with van der Waals surface area (Å²) in [5, 5.41) is 3.91. The molecule has 0 heterocycles. The van der Waals surface area contributed by atoms with Gasteiger partial charge in [0.15, 0.2) is 0 Å². The molecule has 0 N–H and O–H groups in total.